The zero-order valence-electron chi connectivity index (χ0n) is 16.7. The zero-order chi connectivity index (χ0) is 20.4. The maximum atomic E-state index is 13.5. The molecule has 29 heavy (non-hydrogen) atoms. The van der Waals surface area contributed by atoms with Gasteiger partial charge in [0.1, 0.15) is 0 Å². The fourth-order valence-corrected chi connectivity index (χ4v) is 4.12. The molecule has 3 heteroatoms. The molecule has 1 amide bonds. The average Bonchev–Trinajstić information content (AvgIpc) is 3.05. The number of aryl methyl sites for hydroxylation is 1. The fourth-order valence-electron chi connectivity index (χ4n) is 3.92. The minimum Gasteiger partial charge on any atom is -0.298 e. The van der Waals surface area contributed by atoms with E-state index < -0.39 is 0 Å². The van der Waals surface area contributed by atoms with E-state index in [9.17, 15) is 4.79 Å². The smallest absolute Gasteiger partial charge is 0.254 e. The normalized spacial score (nSPS) is 17.3. The van der Waals surface area contributed by atoms with E-state index in [1.807, 2.05) is 71.6 Å². The van der Waals surface area contributed by atoms with E-state index in [-0.39, 0.29) is 17.9 Å². The minimum absolute atomic E-state index is 0.0709. The van der Waals surface area contributed by atoms with Crippen LogP contribution in [0.5, 0.6) is 0 Å². The van der Waals surface area contributed by atoms with Gasteiger partial charge in [-0.05, 0) is 60.7 Å². The maximum absolute atomic E-state index is 13.5. The van der Waals surface area contributed by atoms with E-state index in [1.54, 1.807) is 0 Å². The lowest BCUT2D eigenvalue weighted by atomic mass is 9.93. The molecule has 0 aromatic heterocycles. The van der Waals surface area contributed by atoms with Gasteiger partial charge in [0.05, 0.1) is 6.04 Å². The van der Waals surface area contributed by atoms with Gasteiger partial charge in [0.25, 0.3) is 5.91 Å². The molecular weight excluding hydrogens is 378 g/mol. The Labute approximate surface area is 177 Å². The molecule has 4 rings (SSSR count). The first-order chi connectivity index (χ1) is 14.0. The van der Waals surface area contributed by atoms with E-state index in [1.165, 1.54) is 11.1 Å². The number of benzene rings is 3. The largest absolute Gasteiger partial charge is 0.298 e. The Morgan fingerprint density at radius 2 is 1.69 bits per heavy atom. The summed E-state index contributed by atoms with van der Waals surface area (Å²) in [5.41, 5.74) is 5.20. The van der Waals surface area contributed by atoms with Crippen LogP contribution in [0.25, 0.3) is 0 Å². The zero-order valence-corrected chi connectivity index (χ0v) is 17.4. The number of carbonyl (C=O) groups is 1. The van der Waals surface area contributed by atoms with E-state index >= 15 is 0 Å². The first kappa shape index (κ1) is 19.5. The van der Waals surface area contributed by atoms with Crippen LogP contribution in [0.2, 0.25) is 5.02 Å². The van der Waals surface area contributed by atoms with Crippen molar-refractivity contribution in [3.8, 4) is 0 Å². The van der Waals surface area contributed by atoms with Crippen molar-refractivity contribution in [3.05, 3.63) is 112 Å². The van der Waals surface area contributed by atoms with Crippen molar-refractivity contribution in [2.75, 3.05) is 4.90 Å². The highest BCUT2D eigenvalue weighted by Crippen LogP contribution is 2.39. The standard InChI is InChI=1S/C26H24ClNO/c1-18-11-13-24(14-12-18)28-25(21-9-6-10-23(27)16-21)17-22(26(28)29)15-19(2)20-7-4-3-5-8-20/h3-14,16-17,19,25H,15H2,1-2H3/t19-,25-/m0/s1. The number of amides is 1. The van der Waals surface area contributed by atoms with Gasteiger partial charge in [0.2, 0.25) is 0 Å². The molecule has 0 spiro atoms. The van der Waals surface area contributed by atoms with Gasteiger partial charge in [-0.25, -0.2) is 0 Å². The summed E-state index contributed by atoms with van der Waals surface area (Å²) >= 11 is 6.25. The summed E-state index contributed by atoms with van der Waals surface area (Å²) in [6.07, 6.45) is 2.82. The average molecular weight is 402 g/mol. The molecule has 0 radical (unpaired) electrons. The van der Waals surface area contributed by atoms with Crippen molar-refractivity contribution in [2.45, 2.75) is 32.2 Å². The van der Waals surface area contributed by atoms with Crippen LogP contribution in [0.3, 0.4) is 0 Å². The third-order valence-corrected chi connectivity index (χ3v) is 5.76. The second-order valence-corrected chi connectivity index (χ2v) is 8.15. The second-order valence-electron chi connectivity index (χ2n) is 7.72. The van der Waals surface area contributed by atoms with E-state index in [0.717, 1.165) is 16.8 Å². The predicted molar refractivity (Wildman–Crippen MR) is 120 cm³/mol. The van der Waals surface area contributed by atoms with Crippen molar-refractivity contribution < 1.29 is 4.79 Å². The number of anilines is 1. The summed E-state index contributed by atoms with van der Waals surface area (Å²) in [5, 5.41) is 0.679. The van der Waals surface area contributed by atoms with Crippen molar-refractivity contribution >= 4 is 23.2 Å². The summed E-state index contributed by atoms with van der Waals surface area (Å²) in [6, 6.07) is 26.1. The quantitative estimate of drug-likeness (QED) is 0.457. The Bertz CT molecular complexity index is 1040. The van der Waals surface area contributed by atoms with Gasteiger partial charge in [-0.3, -0.25) is 9.69 Å². The Morgan fingerprint density at radius 1 is 0.966 bits per heavy atom. The minimum atomic E-state index is -0.151. The van der Waals surface area contributed by atoms with Crippen LogP contribution in [0.1, 0.15) is 42.0 Å². The molecular formula is C26H24ClNO. The van der Waals surface area contributed by atoms with E-state index in [0.29, 0.717) is 11.4 Å². The van der Waals surface area contributed by atoms with E-state index in [2.05, 4.69) is 32.1 Å². The Hall–Kier alpha value is -2.84. The summed E-state index contributed by atoms with van der Waals surface area (Å²) < 4.78 is 0. The predicted octanol–water partition coefficient (Wildman–Crippen LogP) is 6.86. The summed E-state index contributed by atoms with van der Waals surface area (Å²) in [4.78, 5) is 15.3. The molecule has 0 N–H and O–H groups in total. The Kier molecular flexibility index (Phi) is 5.55. The van der Waals surface area contributed by atoms with Crippen LogP contribution < -0.4 is 4.90 Å². The van der Waals surface area contributed by atoms with Gasteiger partial charge in [0, 0.05) is 16.3 Å². The number of halogens is 1. The molecule has 1 heterocycles. The molecule has 3 aromatic carbocycles. The van der Waals surface area contributed by atoms with Crippen LogP contribution >= 0.6 is 11.6 Å². The van der Waals surface area contributed by atoms with Gasteiger partial charge in [-0.1, -0.05) is 78.7 Å². The maximum Gasteiger partial charge on any atom is 0.254 e. The third kappa shape index (κ3) is 4.13. The van der Waals surface area contributed by atoms with Crippen LogP contribution in [0, 0.1) is 6.92 Å². The molecule has 2 atom stereocenters. The lowest BCUT2D eigenvalue weighted by Gasteiger charge is -2.26. The molecule has 1 aliphatic heterocycles. The lowest BCUT2D eigenvalue weighted by molar-refractivity contribution is -0.115. The summed E-state index contributed by atoms with van der Waals surface area (Å²) in [5.74, 6) is 0.339. The SMILES string of the molecule is Cc1ccc(N2C(=O)C(C[C@H](C)c3ccccc3)=C[C@H]2c2cccc(Cl)c2)cc1. The van der Waals surface area contributed by atoms with Gasteiger partial charge >= 0.3 is 0 Å². The van der Waals surface area contributed by atoms with Gasteiger partial charge < -0.3 is 0 Å². The monoisotopic (exact) mass is 401 g/mol. The molecule has 1 aliphatic rings. The highest BCUT2D eigenvalue weighted by atomic mass is 35.5. The molecule has 2 nitrogen and oxygen atoms in total. The van der Waals surface area contributed by atoms with E-state index in [4.69, 9.17) is 11.6 Å². The number of hydrogen-bond acceptors (Lipinski definition) is 1. The number of hydrogen-bond donors (Lipinski definition) is 0. The summed E-state index contributed by atoms with van der Waals surface area (Å²) in [7, 11) is 0. The Balaban J connectivity index is 1.69. The summed E-state index contributed by atoms with van der Waals surface area (Å²) in [6.45, 7) is 4.22. The second kappa shape index (κ2) is 8.26. The number of carbonyl (C=O) groups excluding carboxylic acids is 1. The highest BCUT2D eigenvalue weighted by Gasteiger charge is 2.35. The number of rotatable bonds is 5. The lowest BCUT2D eigenvalue weighted by Crippen LogP contribution is -2.29. The van der Waals surface area contributed by atoms with Crippen molar-refractivity contribution in [3.63, 3.8) is 0 Å². The fraction of sp³-hybridized carbons (Fsp3) is 0.192. The molecule has 0 unspecified atom stereocenters. The number of nitrogens with zero attached hydrogens (tertiary/aromatic N) is 1. The molecule has 0 aliphatic carbocycles. The van der Waals surface area contributed by atoms with Gasteiger partial charge in [-0.15, -0.1) is 0 Å². The molecule has 0 saturated heterocycles. The third-order valence-electron chi connectivity index (χ3n) is 5.53. The van der Waals surface area contributed by atoms with Crippen LogP contribution in [-0.2, 0) is 4.79 Å². The van der Waals surface area contributed by atoms with Crippen LogP contribution in [-0.4, -0.2) is 5.91 Å². The molecule has 146 valence electrons. The van der Waals surface area contributed by atoms with Crippen LogP contribution in [0.4, 0.5) is 5.69 Å². The van der Waals surface area contributed by atoms with Crippen molar-refractivity contribution in [1.29, 1.82) is 0 Å². The van der Waals surface area contributed by atoms with Gasteiger partial charge in [0.15, 0.2) is 0 Å². The Morgan fingerprint density at radius 3 is 2.38 bits per heavy atom. The van der Waals surface area contributed by atoms with Gasteiger partial charge in [-0.2, -0.15) is 0 Å². The molecule has 0 fully saturated rings. The van der Waals surface area contributed by atoms with Crippen molar-refractivity contribution in [2.24, 2.45) is 0 Å². The molecule has 0 bridgehead atoms. The van der Waals surface area contributed by atoms with Crippen LogP contribution in [0.15, 0.2) is 90.5 Å². The topological polar surface area (TPSA) is 20.3 Å². The molecule has 0 saturated carbocycles. The highest BCUT2D eigenvalue weighted by molar-refractivity contribution is 6.30. The van der Waals surface area contributed by atoms with Crippen molar-refractivity contribution in [1.82, 2.24) is 0 Å². The molecule has 3 aromatic rings. The first-order valence-corrected chi connectivity index (χ1v) is 10.3. The first-order valence-electron chi connectivity index (χ1n) is 9.94.